The summed E-state index contributed by atoms with van der Waals surface area (Å²) in [4.78, 5) is 11.8. The van der Waals surface area contributed by atoms with Gasteiger partial charge in [0.2, 0.25) is 0 Å². The van der Waals surface area contributed by atoms with E-state index in [9.17, 15) is 9.90 Å². The molecule has 4 N–H and O–H groups in total. The highest BCUT2D eigenvalue weighted by atomic mass is 35.5. The highest BCUT2D eigenvalue weighted by molar-refractivity contribution is 6.31. The molecule has 1 aliphatic carbocycles. The molecule has 0 bridgehead atoms. The minimum absolute atomic E-state index is 0.264. The Bertz CT molecular complexity index is 424. The fourth-order valence-corrected chi connectivity index (χ4v) is 2.10. The molecule has 2 rings (SSSR count). The zero-order valence-electron chi connectivity index (χ0n) is 9.37. The molecule has 0 aliphatic heterocycles. The van der Waals surface area contributed by atoms with Gasteiger partial charge in [-0.15, -0.1) is 0 Å². The molecule has 0 atom stereocenters. The minimum atomic E-state index is -0.722. The topological polar surface area (TPSA) is 75.4 Å². The first-order chi connectivity index (χ1) is 7.98. The Hall–Kier alpha value is -1.26. The number of hydrogen-bond acceptors (Lipinski definition) is 3. The van der Waals surface area contributed by atoms with Crippen LogP contribution < -0.4 is 11.1 Å². The van der Waals surface area contributed by atoms with Gasteiger partial charge in [0.1, 0.15) is 0 Å². The minimum Gasteiger partial charge on any atom is -0.399 e. The van der Waals surface area contributed by atoms with E-state index in [4.69, 9.17) is 17.3 Å². The molecule has 0 unspecified atom stereocenters. The van der Waals surface area contributed by atoms with Gasteiger partial charge in [-0.3, -0.25) is 4.79 Å². The maximum atomic E-state index is 11.8. The van der Waals surface area contributed by atoms with E-state index < -0.39 is 5.60 Å². The van der Waals surface area contributed by atoms with Crippen LogP contribution in [0.1, 0.15) is 29.6 Å². The maximum Gasteiger partial charge on any atom is 0.251 e. The van der Waals surface area contributed by atoms with E-state index in [1.54, 1.807) is 18.2 Å². The van der Waals surface area contributed by atoms with E-state index in [1.165, 1.54) is 0 Å². The summed E-state index contributed by atoms with van der Waals surface area (Å²) in [5, 5.41) is 13.0. The summed E-state index contributed by atoms with van der Waals surface area (Å²) >= 11 is 5.81. The predicted molar refractivity (Wildman–Crippen MR) is 67.0 cm³/mol. The van der Waals surface area contributed by atoms with Gasteiger partial charge < -0.3 is 16.2 Å². The molecule has 92 valence electrons. The first-order valence-corrected chi connectivity index (χ1v) is 5.93. The number of nitrogens with one attached hydrogen (secondary N) is 1. The Balaban J connectivity index is 1.99. The average Bonchev–Trinajstić information content (AvgIpc) is 2.22. The Labute approximate surface area is 105 Å². The molecule has 1 aliphatic rings. The Morgan fingerprint density at radius 3 is 2.71 bits per heavy atom. The zero-order valence-corrected chi connectivity index (χ0v) is 10.1. The van der Waals surface area contributed by atoms with Crippen molar-refractivity contribution in [3.63, 3.8) is 0 Å². The third kappa shape index (κ3) is 2.90. The number of amides is 1. The fourth-order valence-electron chi connectivity index (χ4n) is 1.85. The number of anilines is 1. The molecule has 4 nitrogen and oxygen atoms in total. The lowest BCUT2D eigenvalue weighted by atomic mass is 9.80. The molecular formula is C12H15ClN2O2. The molecule has 0 radical (unpaired) electrons. The van der Waals surface area contributed by atoms with Crippen LogP contribution in [0, 0.1) is 0 Å². The van der Waals surface area contributed by atoms with Crippen LogP contribution >= 0.6 is 11.6 Å². The standard InChI is InChI=1S/C12H15ClN2O2/c13-9-4-8(5-10(14)6-9)11(16)15-7-12(17)2-1-3-12/h4-6,17H,1-3,7,14H2,(H,15,16). The molecule has 0 heterocycles. The van der Waals surface area contributed by atoms with Crippen LogP contribution in [0.15, 0.2) is 18.2 Å². The Morgan fingerprint density at radius 2 is 2.18 bits per heavy atom. The van der Waals surface area contributed by atoms with Crippen molar-refractivity contribution in [3.05, 3.63) is 28.8 Å². The lowest BCUT2D eigenvalue weighted by molar-refractivity contribution is -0.0300. The normalized spacial score (nSPS) is 17.3. The summed E-state index contributed by atoms with van der Waals surface area (Å²) in [6, 6.07) is 4.70. The summed E-state index contributed by atoms with van der Waals surface area (Å²) in [7, 11) is 0. The van der Waals surface area contributed by atoms with Crippen molar-refractivity contribution in [2.24, 2.45) is 0 Å². The largest absolute Gasteiger partial charge is 0.399 e. The van der Waals surface area contributed by atoms with Crippen molar-refractivity contribution in [1.82, 2.24) is 5.32 Å². The van der Waals surface area contributed by atoms with Gasteiger partial charge in [0.05, 0.1) is 5.60 Å². The average molecular weight is 255 g/mol. The highest BCUT2D eigenvalue weighted by Gasteiger charge is 2.34. The van der Waals surface area contributed by atoms with Gasteiger partial charge in [0.15, 0.2) is 0 Å². The van der Waals surface area contributed by atoms with Gasteiger partial charge in [-0.25, -0.2) is 0 Å². The number of halogens is 1. The number of carbonyl (C=O) groups is 1. The van der Waals surface area contributed by atoms with E-state index in [0.29, 0.717) is 16.3 Å². The molecule has 17 heavy (non-hydrogen) atoms. The van der Waals surface area contributed by atoms with Crippen molar-refractivity contribution in [2.45, 2.75) is 24.9 Å². The van der Waals surface area contributed by atoms with E-state index in [2.05, 4.69) is 5.32 Å². The van der Waals surface area contributed by atoms with Crippen molar-refractivity contribution >= 4 is 23.2 Å². The van der Waals surface area contributed by atoms with Gasteiger partial charge >= 0.3 is 0 Å². The first kappa shape index (κ1) is 12.2. The smallest absolute Gasteiger partial charge is 0.251 e. The predicted octanol–water partition coefficient (Wildman–Crippen LogP) is 1.57. The fraction of sp³-hybridized carbons (Fsp3) is 0.417. The van der Waals surface area contributed by atoms with Crippen molar-refractivity contribution in [1.29, 1.82) is 0 Å². The van der Waals surface area contributed by atoms with Crippen molar-refractivity contribution in [3.8, 4) is 0 Å². The van der Waals surface area contributed by atoms with Crippen molar-refractivity contribution in [2.75, 3.05) is 12.3 Å². The quantitative estimate of drug-likeness (QED) is 0.717. The number of benzene rings is 1. The van der Waals surface area contributed by atoms with Crippen LogP contribution in [0.2, 0.25) is 5.02 Å². The second-order valence-electron chi connectivity index (χ2n) is 4.53. The summed E-state index contributed by atoms with van der Waals surface area (Å²) in [5.41, 5.74) is 5.74. The van der Waals surface area contributed by atoms with Gasteiger partial charge in [0.25, 0.3) is 5.91 Å². The summed E-state index contributed by atoms with van der Waals surface area (Å²) in [6.45, 7) is 0.276. The molecule has 0 saturated heterocycles. The molecule has 0 aromatic heterocycles. The second kappa shape index (κ2) is 4.55. The molecular weight excluding hydrogens is 240 g/mol. The van der Waals surface area contributed by atoms with E-state index in [-0.39, 0.29) is 12.5 Å². The van der Waals surface area contributed by atoms with Gasteiger partial charge in [-0.05, 0) is 37.5 Å². The Morgan fingerprint density at radius 1 is 1.47 bits per heavy atom. The number of nitrogens with two attached hydrogens (primary N) is 1. The van der Waals surface area contributed by atoms with E-state index in [1.807, 2.05) is 0 Å². The second-order valence-corrected chi connectivity index (χ2v) is 4.97. The third-order valence-corrected chi connectivity index (χ3v) is 3.26. The van der Waals surface area contributed by atoms with Crippen LogP contribution in [-0.2, 0) is 0 Å². The number of nitrogen functional groups attached to an aromatic ring is 1. The lowest BCUT2D eigenvalue weighted by Gasteiger charge is -2.36. The first-order valence-electron chi connectivity index (χ1n) is 5.55. The van der Waals surface area contributed by atoms with E-state index in [0.717, 1.165) is 19.3 Å². The molecule has 5 heteroatoms. The number of carbonyl (C=O) groups excluding carboxylic acids is 1. The molecule has 1 aromatic rings. The van der Waals surface area contributed by atoms with Crippen LogP contribution in [0.3, 0.4) is 0 Å². The summed E-state index contributed by atoms with van der Waals surface area (Å²) in [6.07, 6.45) is 2.49. The van der Waals surface area contributed by atoms with Gasteiger partial charge in [-0.1, -0.05) is 11.6 Å². The Kier molecular flexibility index (Phi) is 3.26. The molecule has 1 amide bonds. The number of rotatable bonds is 3. The zero-order chi connectivity index (χ0) is 12.5. The van der Waals surface area contributed by atoms with Crippen LogP contribution in [0.4, 0.5) is 5.69 Å². The van der Waals surface area contributed by atoms with Crippen LogP contribution in [0.25, 0.3) is 0 Å². The maximum absolute atomic E-state index is 11.8. The van der Waals surface area contributed by atoms with E-state index >= 15 is 0 Å². The van der Waals surface area contributed by atoms with Gasteiger partial charge in [0, 0.05) is 22.8 Å². The number of aliphatic hydroxyl groups is 1. The van der Waals surface area contributed by atoms with Crippen molar-refractivity contribution < 1.29 is 9.90 Å². The molecule has 1 saturated carbocycles. The lowest BCUT2D eigenvalue weighted by Crippen LogP contribution is -2.47. The molecule has 1 fully saturated rings. The van der Waals surface area contributed by atoms with Crippen LogP contribution in [0.5, 0.6) is 0 Å². The SMILES string of the molecule is Nc1cc(Cl)cc(C(=O)NCC2(O)CCC2)c1. The third-order valence-electron chi connectivity index (χ3n) is 3.04. The summed E-state index contributed by atoms with van der Waals surface area (Å²) < 4.78 is 0. The van der Waals surface area contributed by atoms with Crippen LogP contribution in [-0.4, -0.2) is 23.2 Å². The monoisotopic (exact) mass is 254 g/mol. The molecule has 0 spiro atoms. The highest BCUT2D eigenvalue weighted by Crippen LogP contribution is 2.30. The van der Waals surface area contributed by atoms with Gasteiger partial charge in [-0.2, -0.15) is 0 Å². The molecule has 1 aromatic carbocycles. The number of hydrogen-bond donors (Lipinski definition) is 3. The summed E-state index contributed by atoms with van der Waals surface area (Å²) in [5.74, 6) is -0.264.